The minimum atomic E-state index is -0.801. The standard InChI is InChI=1S/C20H19FO4/c1-25-20(24)12-10-17(22)3-2-4-18-15(7-11-19(18)23)13-14-5-8-16(21)9-6-14/h2-9,11,13,17,22H,10,12H2,1H3. The van der Waals surface area contributed by atoms with Crippen molar-refractivity contribution in [2.75, 3.05) is 7.11 Å². The van der Waals surface area contributed by atoms with E-state index in [4.69, 9.17) is 0 Å². The van der Waals surface area contributed by atoms with Crippen LogP contribution in [0.15, 0.2) is 65.8 Å². The second kappa shape index (κ2) is 8.89. The van der Waals surface area contributed by atoms with E-state index in [1.165, 1.54) is 31.4 Å². The molecule has 5 heteroatoms. The fraction of sp³-hybridized carbons (Fsp3) is 0.200. The maximum atomic E-state index is 13.0. The van der Waals surface area contributed by atoms with Gasteiger partial charge in [0.2, 0.25) is 0 Å². The van der Waals surface area contributed by atoms with Crippen LogP contribution < -0.4 is 0 Å². The van der Waals surface area contributed by atoms with E-state index >= 15 is 0 Å². The highest BCUT2D eigenvalue weighted by Crippen LogP contribution is 2.23. The molecule has 4 nitrogen and oxygen atoms in total. The average Bonchev–Trinajstić information content (AvgIpc) is 2.95. The fourth-order valence-electron chi connectivity index (χ4n) is 2.27. The number of allylic oxidation sites excluding steroid dienone is 6. The summed E-state index contributed by atoms with van der Waals surface area (Å²) < 4.78 is 17.5. The maximum Gasteiger partial charge on any atom is 0.305 e. The zero-order chi connectivity index (χ0) is 18.2. The molecule has 25 heavy (non-hydrogen) atoms. The van der Waals surface area contributed by atoms with Crippen molar-refractivity contribution in [2.24, 2.45) is 0 Å². The summed E-state index contributed by atoms with van der Waals surface area (Å²) in [6.07, 6.45) is 9.21. The number of benzene rings is 1. The van der Waals surface area contributed by atoms with Gasteiger partial charge in [0, 0.05) is 12.0 Å². The van der Waals surface area contributed by atoms with Gasteiger partial charge in [-0.2, -0.15) is 0 Å². The van der Waals surface area contributed by atoms with Crippen molar-refractivity contribution in [3.63, 3.8) is 0 Å². The Kier molecular flexibility index (Phi) is 6.60. The van der Waals surface area contributed by atoms with Crippen LogP contribution in [0.25, 0.3) is 6.08 Å². The molecule has 1 aromatic carbocycles. The summed E-state index contributed by atoms with van der Waals surface area (Å²) in [5.74, 6) is -0.840. The van der Waals surface area contributed by atoms with Gasteiger partial charge in [-0.25, -0.2) is 4.39 Å². The number of esters is 1. The molecule has 1 unspecified atom stereocenters. The Hall–Kier alpha value is -2.79. The molecule has 0 fully saturated rings. The van der Waals surface area contributed by atoms with Gasteiger partial charge in [0.05, 0.1) is 13.2 Å². The number of methoxy groups -OCH3 is 1. The minimum Gasteiger partial charge on any atom is -0.469 e. The minimum absolute atomic E-state index is 0.120. The second-order valence-corrected chi connectivity index (χ2v) is 5.50. The first-order chi connectivity index (χ1) is 12.0. The third-order valence-electron chi connectivity index (χ3n) is 3.65. The number of aliphatic hydroxyl groups excluding tert-OH is 1. The molecular formula is C20H19FO4. The van der Waals surface area contributed by atoms with E-state index in [1.54, 1.807) is 36.4 Å². The molecule has 130 valence electrons. The van der Waals surface area contributed by atoms with Gasteiger partial charge in [-0.3, -0.25) is 9.59 Å². The summed E-state index contributed by atoms with van der Waals surface area (Å²) in [6, 6.07) is 5.97. The number of halogens is 1. The molecule has 1 aliphatic rings. The van der Waals surface area contributed by atoms with Crippen molar-refractivity contribution in [1.29, 1.82) is 0 Å². The smallest absolute Gasteiger partial charge is 0.305 e. The predicted molar refractivity (Wildman–Crippen MR) is 93.0 cm³/mol. The molecule has 0 saturated heterocycles. The molecule has 0 saturated carbocycles. The summed E-state index contributed by atoms with van der Waals surface area (Å²) in [7, 11) is 1.29. The number of carbonyl (C=O) groups excluding carboxylic acids is 2. The first-order valence-electron chi connectivity index (χ1n) is 7.83. The van der Waals surface area contributed by atoms with Crippen molar-refractivity contribution in [3.8, 4) is 0 Å². The van der Waals surface area contributed by atoms with E-state index in [0.29, 0.717) is 11.1 Å². The van der Waals surface area contributed by atoms with Gasteiger partial charge < -0.3 is 9.84 Å². The summed E-state index contributed by atoms with van der Waals surface area (Å²) in [6.45, 7) is 0. The zero-order valence-corrected chi connectivity index (χ0v) is 13.8. The Morgan fingerprint density at radius 1 is 1.28 bits per heavy atom. The lowest BCUT2D eigenvalue weighted by atomic mass is 10.0. The van der Waals surface area contributed by atoms with E-state index in [1.807, 2.05) is 0 Å². The predicted octanol–water partition coefficient (Wildman–Crippen LogP) is 3.14. The number of aliphatic hydroxyl groups is 1. The largest absolute Gasteiger partial charge is 0.469 e. The first-order valence-corrected chi connectivity index (χ1v) is 7.83. The SMILES string of the molecule is COC(=O)CCC(O)C=CC=C1C(=O)C=CC1=Cc1ccc(F)cc1. The van der Waals surface area contributed by atoms with Crippen LogP contribution in [0.3, 0.4) is 0 Å². The first kappa shape index (κ1) is 18.5. The van der Waals surface area contributed by atoms with Crippen LogP contribution in [0, 0.1) is 5.82 Å². The molecule has 1 atom stereocenters. The summed E-state index contributed by atoms with van der Waals surface area (Å²) >= 11 is 0. The monoisotopic (exact) mass is 342 g/mol. The highest BCUT2D eigenvalue weighted by molar-refractivity contribution is 6.13. The van der Waals surface area contributed by atoms with Gasteiger partial charge in [-0.05, 0) is 41.8 Å². The third kappa shape index (κ3) is 5.65. The molecule has 1 aromatic rings. The Bertz CT molecular complexity index is 754. The number of ether oxygens (including phenoxy) is 1. The van der Waals surface area contributed by atoms with Gasteiger partial charge in [0.15, 0.2) is 5.78 Å². The zero-order valence-electron chi connectivity index (χ0n) is 13.8. The van der Waals surface area contributed by atoms with Gasteiger partial charge in [0.1, 0.15) is 5.82 Å². The van der Waals surface area contributed by atoms with E-state index in [2.05, 4.69) is 4.74 Å². The lowest BCUT2D eigenvalue weighted by Gasteiger charge is -2.03. The van der Waals surface area contributed by atoms with Crippen LogP contribution in [0.2, 0.25) is 0 Å². The Morgan fingerprint density at radius 2 is 2.00 bits per heavy atom. The molecule has 0 heterocycles. The van der Waals surface area contributed by atoms with Crippen LogP contribution >= 0.6 is 0 Å². The van der Waals surface area contributed by atoms with Crippen molar-refractivity contribution in [3.05, 3.63) is 77.2 Å². The Labute approximate surface area is 145 Å². The summed E-state index contributed by atoms with van der Waals surface area (Å²) in [4.78, 5) is 23.0. The van der Waals surface area contributed by atoms with Gasteiger partial charge in [0.25, 0.3) is 0 Å². The Morgan fingerprint density at radius 3 is 2.68 bits per heavy atom. The van der Waals surface area contributed by atoms with Crippen LogP contribution in [-0.4, -0.2) is 30.1 Å². The number of hydrogen-bond donors (Lipinski definition) is 1. The number of carbonyl (C=O) groups is 2. The van der Waals surface area contributed by atoms with Crippen LogP contribution in [0.4, 0.5) is 4.39 Å². The van der Waals surface area contributed by atoms with Gasteiger partial charge in [-0.1, -0.05) is 36.4 Å². The molecule has 1 aliphatic carbocycles. The van der Waals surface area contributed by atoms with E-state index in [-0.39, 0.29) is 30.4 Å². The molecular weight excluding hydrogens is 323 g/mol. The molecule has 0 radical (unpaired) electrons. The van der Waals surface area contributed by atoms with E-state index in [9.17, 15) is 19.1 Å². The maximum absolute atomic E-state index is 13.0. The highest BCUT2D eigenvalue weighted by Gasteiger charge is 2.15. The molecule has 0 bridgehead atoms. The topological polar surface area (TPSA) is 63.6 Å². The molecule has 0 aromatic heterocycles. The van der Waals surface area contributed by atoms with Crippen LogP contribution in [-0.2, 0) is 14.3 Å². The van der Waals surface area contributed by atoms with Crippen LogP contribution in [0.1, 0.15) is 18.4 Å². The van der Waals surface area contributed by atoms with Crippen LogP contribution in [0.5, 0.6) is 0 Å². The van der Waals surface area contributed by atoms with Crippen molar-refractivity contribution < 1.29 is 23.8 Å². The lowest BCUT2D eigenvalue weighted by molar-refractivity contribution is -0.141. The number of hydrogen-bond acceptors (Lipinski definition) is 4. The normalized spacial score (nSPS) is 18.4. The van der Waals surface area contributed by atoms with Crippen molar-refractivity contribution >= 4 is 17.8 Å². The molecule has 0 amide bonds. The van der Waals surface area contributed by atoms with Gasteiger partial charge in [-0.15, -0.1) is 0 Å². The lowest BCUT2D eigenvalue weighted by Crippen LogP contribution is -2.07. The number of rotatable bonds is 6. The second-order valence-electron chi connectivity index (χ2n) is 5.50. The summed E-state index contributed by atoms with van der Waals surface area (Å²) in [5.41, 5.74) is 1.98. The molecule has 1 N–H and O–H groups in total. The fourth-order valence-corrected chi connectivity index (χ4v) is 2.27. The molecule has 0 spiro atoms. The Balaban J connectivity index is 2.06. The molecule has 0 aliphatic heterocycles. The average molecular weight is 342 g/mol. The van der Waals surface area contributed by atoms with Crippen molar-refractivity contribution in [1.82, 2.24) is 0 Å². The molecule has 2 rings (SSSR count). The quantitative estimate of drug-likeness (QED) is 0.637. The third-order valence-corrected chi connectivity index (χ3v) is 3.65. The number of ketones is 1. The van der Waals surface area contributed by atoms with Crippen molar-refractivity contribution in [2.45, 2.75) is 18.9 Å². The van der Waals surface area contributed by atoms with E-state index in [0.717, 1.165) is 5.56 Å². The van der Waals surface area contributed by atoms with E-state index < -0.39 is 6.10 Å². The van der Waals surface area contributed by atoms with Gasteiger partial charge >= 0.3 is 5.97 Å². The highest BCUT2D eigenvalue weighted by atomic mass is 19.1. The summed E-state index contributed by atoms with van der Waals surface area (Å²) in [5, 5.41) is 9.79.